The molecule has 3 fully saturated rings. The van der Waals surface area contributed by atoms with Gasteiger partial charge in [-0.15, -0.1) is 0 Å². The molecule has 1 aromatic rings. The average molecular weight is 405 g/mol. The van der Waals surface area contributed by atoms with Gasteiger partial charge in [-0.25, -0.2) is 0 Å². The molecule has 0 radical (unpaired) electrons. The number of likely N-dealkylation sites (tertiary alicyclic amines) is 1. The molecule has 3 aliphatic rings. The highest BCUT2D eigenvalue weighted by Gasteiger charge is 2.41. The molecular formula is C22H36N4O3. The minimum atomic E-state index is -0.520. The molecule has 0 spiro atoms. The minimum Gasteiger partial charge on any atom is -0.368 e. The smallest absolute Gasteiger partial charge is 0.255 e. The highest BCUT2D eigenvalue weighted by atomic mass is 16.5. The quantitative estimate of drug-likeness (QED) is 0.751. The summed E-state index contributed by atoms with van der Waals surface area (Å²) in [6, 6.07) is -0.127. The molecule has 7 nitrogen and oxygen atoms in total. The summed E-state index contributed by atoms with van der Waals surface area (Å²) in [6.07, 6.45) is 13.0. The topological polar surface area (TPSA) is 80.5 Å². The van der Waals surface area contributed by atoms with Crippen molar-refractivity contribution in [3.05, 3.63) is 11.7 Å². The SMILES string of the molecule is C[C@@H](C(=O)NC1(c2noc([C@H]3CCCO3)n2)CCCCCC1)N1CCCCCC1. The number of hydrogen-bond donors (Lipinski definition) is 1. The summed E-state index contributed by atoms with van der Waals surface area (Å²) in [6.45, 7) is 4.80. The van der Waals surface area contributed by atoms with Gasteiger partial charge in [0.2, 0.25) is 5.91 Å². The number of hydrogen-bond acceptors (Lipinski definition) is 6. The van der Waals surface area contributed by atoms with Crippen LogP contribution in [0.25, 0.3) is 0 Å². The van der Waals surface area contributed by atoms with E-state index in [1.165, 1.54) is 38.5 Å². The van der Waals surface area contributed by atoms with Crippen LogP contribution in [0, 0.1) is 0 Å². The van der Waals surface area contributed by atoms with E-state index in [1.54, 1.807) is 0 Å². The van der Waals surface area contributed by atoms with Crippen molar-refractivity contribution in [1.29, 1.82) is 0 Å². The Hall–Kier alpha value is -1.47. The molecule has 1 aromatic heterocycles. The van der Waals surface area contributed by atoms with Crippen LogP contribution in [0.3, 0.4) is 0 Å². The van der Waals surface area contributed by atoms with Crippen molar-refractivity contribution in [2.45, 2.75) is 102 Å². The Balaban J connectivity index is 1.52. The summed E-state index contributed by atoms with van der Waals surface area (Å²) in [5, 5.41) is 7.75. The molecule has 7 heteroatoms. The van der Waals surface area contributed by atoms with Crippen LogP contribution in [0.15, 0.2) is 4.52 Å². The Morgan fingerprint density at radius 1 is 1.07 bits per heavy atom. The first kappa shape index (κ1) is 20.8. The first-order chi connectivity index (χ1) is 14.2. The minimum absolute atomic E-state index is 0.0918. The molecule has 2 saturated heterocycles. The fourth-order valence-electron chi connectivity index (χ4n) is 5.06. The number of amides is 1. The second-order valence-electron chi connectivity index (χ2n) is 9.07. The lowest BCUT2D eigenvalue weighted by Gasteiger charge is -2.34. The maximum atomic E-state index is 13.3. The monoisotopic (exact) mass is 404 g/mol. The molecule has 1 saturated carbocycles. The van der Waals surface area contributed by atoms with Crippen molar-refractivity contribution in [1.82, 2.24) is 20.4 Å². The van der Waals surface area contributed by atoms with Gasteiger partial charge in [0.1, 0.15) is 11.6 Å². The highest BCUT2D eigenvalue weighted by molar-refractivity contribution is 5.82. The van der Waals surface area contributed by atoms with Gasteiger partial charge in [0.25, 0.3) is 5.89 Å². The van der Waals surface area contributed by atoms with E-state index in [-0.39, 0.29) is 18.1 Å². The third kappa shape index (κ3) is 4.82. The van der Waals surface area contributed by atoms with Gasteiger partial charge < -0.3 is 14.6 Å². The second-order valence-corrected chi connectivity index (χ2v) is 9.07. The molecular weight excluding hydrogens is 368 g/mol. The molecule has 0 bridgehead atoms. The van der Waals surface area contributed by atoms with Crippen LogP contribution in [0.4, 0.5) is 0 Å². The Bertz CT molecular complexity index is 655. The lowest BCUT2D eigenvalue weighted by molar-refractivity contribution is -0.128. The molecule has 3 heterocycles. The van der Waals surface area contributed by atoms with Gasteiger partial charge >= 0.3 is 0 Å². The van der Waals surface area contributed by atoms with Crippen LogP contribution in [-0.4, -0.2) is 46.7 Å². The standard InChI is InChI=1S/C22H36N4O3/c1-17(26-14-8-4-5-9-15-26)19(27)24-22(12-6-2-3-7-13-22)21-23-20(29-25-21)18-11-10-16-28-18/h17-18H,2-16H2,1H3,(H,24,27)/t17-,18+/m0/s1. The van der Waals surface area contributed by atoms with Crippen molar-refractivity contribution in [3.8, 4) is 0 Å². The first-order valence-corrected chi connectivity index (χ1v) is 11.7. The van der Waals surface area contributed by atoms with E-state index in [0.717, 1.165) is 58.2 Å². The van der Waals surface area contributed by atoms with E-state index in [9.17, 15) is 4.79 Å². The Morgan fingerprint density at radius 2 is 1.76 bits per heavy atom. The zero-order valence-electron chi connectivity index (χ0n) is 17.8. The first-order valence-electron chi connectivity index (χ1n) is 11.7. The van der Waals surface area contributed by atoms with Crippen LogP contribution >= 0.6 is 0 Å². The maximum Gasteiger partial charge on any atom is 0.255 e. The summed E-state index contributed by atoms with van der Waals surface area (Å²) in [5.74, 6) is 1.30. The van der Waals surface area contributed by atoms with E-state index in [2.05, 4.69) is 15.4 Å². The number of aromatic nitrogens is 2. The summed E-state index contributed by atoms with van der Waals surface area (Å²) in [7, 11) is 0. The molecule has 162 valence electrons. The molecule has 0 unspecified atom stereocenters. The number of ether oxygens (including phenoxy) is 1. The van der Waals surface area contributed by atoms with E-state index >= 15 is 0 Å². The number of nitrogens with zero attached hydrogens (tertiary/aromatic N) is 3. The maximum absolute atomic E-state index is 13.3. The lowest BCUT2D eigenvalue weighted by atomic mass is 9.88. The van der Waals surface area contributed by atoms with Gasteiger partial charge in [0.15, 0.2) is 5.82 Å². The molecule has 2 aliphatic heterocycles. The fourth-order valence-corrected chi connectivity index (χ4v) is 5.06. The van der Waals surface area contributed by atoms with Crippen molar-refractivity contribution in [2.24, 2.45) is 0 Å². The average Bonchev–Trinajstić information content (AvgIpc) is 3.30. The normalized spacial score (nSPS) is 27.1. The van der Waals surface area contributed by atoms with Crippen molar-refractivity contribution in [2.75, 3.05) is 19.7 Å². The van der Waals surface area contributed by atoms with Crippen LogP contribution < -0.4 is 5.32 Å². The van der Waals surface area contributed by atoms with Gasteiger partial charge in [0.05, 0.1) is 6.04 Å². The van der Waals surface area contributed by atoms with Crippen molar-refractivity contribution in [3.63, 3.8) is 0 Å². The number of carbonyl (C=O) groups excluding carboxylic acids is 1. The van der Waals surface area contributed by atoms with Gasteiger partial charge in [-0.1, -0.05) is 43.7 Å². The van der Waals surface area contributed by atoms with Crippen LogP contribution in [-0.2, 0) is 15.1 Å². The predicted octanol–water partition coefficient (Wildman–Crippen LogP) is 3.85. The molecule has 29 heavy (non-hydrogen) atoms. The predicted molar refractivity (Wildman–Crippen MR) is 109 cm³/mol. The third-order valence-electron chi connectivity index (χ3n) is 6.96. The Morgan fingerprint density at radius 3 is 2.41 bits per heavy atom. The van der Waals surface area contributed by atoms with E-state index in [0.29, 0.717) is 11.7 Å². The van der Waals surface area contributed by atoms with Gasteiger partial charge in [-0.2, -0.15) is 4.98 Å². The molecule has 1 amide bonds. The summed E-state index contributed by atoms with van der Waals surface area (Å²) >= 11 is 0. The van der Waals surface area contributed by atoms with Crippen LogP contribution in [0.1, 0.15) is 102 Å². The number of nitrogens with one attached hydrogen (secondary N) is 1. The number of carbonyl (C=O) groups is 1. The van der Waals surface area contributed by atoms with Crippen molar-refractivity contribution >= 4 is 5.91 Å². The zero-order chi connectivity index (χ0) is 20.1. The lowest BCUT2D eigenvalue weighted by Crippen LogP contribution is -2.53. The molecule has 2 atom stereocenters. The number of rotatable bonds is 5. The molecule has 1 N–H and O–H groups in total. The summed E-state index contributed by atoms with van der Waals surface area (Å²) < 4.78 is 11.3. The summed E-state index contributed by atoms with van der Waals surface area (Å²) in [5.41, 5.74) is -0.520. The fraction of sp³-hybridized carbons (Fsp3) is 0.864. The zero-order valence-corrected chi connectivity index (χ0v) is 17.8. The van der Waals surface area contributed by atoms with E-state index < -0.39 is 5.54 Å². The van der Waals surface area contributed by atoms with E-state index in [1.807, 2.05) is 6.92 Å². The van der Waals surface area contributed by atoms with E-state index in [4.69, 9.17) is 14.2 Å². The van der Waals surface area contributed by atoms with Gasteiger partial charge in [0, 0.05) is 6.61 Å². The summed E-state index contributed by atoms with van der Waals surface area (Å²) in [4.78, 5) is 20.4. The molecule has 0 aromatic carbocycles. The largest absolute Gasteiger partial charge is 0.368 e. The van der Waals surface area contributed by atoms with Gasteiger partial charge in [-0.3, -0.25) is 9.69 Å². The second kappa shape index (κ2) is 9.56. The van der Waals surface area contributed by atoms with Crippen LogP contribution in [0.5, 0.6) is 0 Å². The van der Waals surface area contributed by atoms with Crippen LogP contribution in [0.2, 0.25) is 0 Å². The third-order valence-corrected chi connectivity index (χ3v) is 6.96. The Labute approximate surface area is 173 Å². The van der Waals surface area contributed by atoms with Gasteiger partial charge in [-0.05, 0) is 58.5 Å². The Kier molecular flexibility index (Phi) is 6.85. The van der Waals surface area contributed by atoms with Crippen molar-refractivity contribution < 1.29 is 14.1 Å². The molecule has 1 aliphatic carbocycles. The molecule has 4 rings (SSSR count). The highest BCUT2D eigenvalue weighted by Crippen LogP contribution is 2.36.